The molecule has 1 saturated heterocycles. The lowest BCUT2D eigenvalue weighted by Crippen LogP contribution is -2.42. The Balaban J connectivity index is 1.95. The third-order valence-electron chi connectivity index (χ3n) is 3.87. The minimum absolute atomic E-state index is 0.299. The highest BCUT2D eigenvalue weighted by molar-refractivity contribution is 5.29. The zero-order valence-corrected chi connectivity index (χ0v) is 11.7. The predicted molar refractivity (Wildman–Crippen MR) is 73.5 cm³/mol. The Kier molecular flexibility index (Phi) is 3.90. The predicted octanol–water partition coefficient (Wildman–Crippen LogP) is 1.57. The number of hydrogen-bond acceptors (Lipinski definition) is 4. The van der Waals surface area contributed by atoms with Crippen LogP contribution in [0.15, 0.2) is 0 Å². The molecule has 0 atom stereocenters. The number of nitrogens with zero attached hydrogens (tertiary/aromatic N) is 3. The van der Waals surface area contributed by atoms with Gasteiger partial charge in [0.05, 0.1) is 0 Å². The van der Waals surface area contributed by atoms with E-state index in [-0.39, 0.29) is 0 Å². The first-order valence-corrected chi connectivity index (χ1v) is 6.89. The fourth-order valence-corrected chi connectivity index (χ4v) is 2.36. The Morgan fingerprint density at radius 1 is 1.39 bits per heavy atom. The van der Waals surface area contributed by atoms with Crippen LogP contribution >= 0.6 is 0 Å². The quantitative estimate of drug-likeness (QED) is 0.852. The Morgan fingerprint density at radius 2 is 2.06 bits per heavy atom. The van der Waals surface area contributed by atoms with E-state index in [2.05, 4.69) is 40.9 Å². The van der Waals surface area contributed by atoms with Gasteiger partial charge in [-0.15, -0.1) is 5.10 Å². The molecule has 1 fully saturated rings. The molecule has 0 amide bonds. The molecule has 0 saturated carbocycles. The van der Waals surface area contributed by atoms with Crippen molar-refractivity contribution >= 4 is 5.95 Å². The van der Waals surface area contributed by atoms with E-state index < -0.39 is 0 Å². The number of anilines is 1. The van der Waals surface area contributed by atoms with Crippen molar-refractivity contribution < 1.29 is 0 Å². The van der Waals surface area contributed by atoms with Gasteiger partial charge in [0, 0.05) is 19.5 Å². The van der Waals surface area contributed by atoms with Crippen LogP contribution in [0.1, 0.15) is 39.4 Å². The summed E-state index contributed by atoms with van der Waals surface area (Å²) in [5.74, 6) is 2.45. The van der Waals surface area contributed by atoms with Crippen molar-refractivity contribution in [3.8, 4) is 0 Å². The lowest BCUT2D eigenvalue weighted by atomic mass is 9.81. The molecule has 1 aliphatic rings. The topological polar surface area (TPSA) is 70.8 Å². The van der Waals surface area contributed by atoms with E-state index in [9.17, 15) is 0 Å². The summed E-state index contributed by atoms with van der Waals surface area (Å²) in [7, 11) is 0. The summed E-state index contributed by atoms with van der Waals surface area (Å²) in [6.45, 7) is 9.44. The number of nitrogens with two attached hydrogens (primary N) is 1. The number of rotatable bonds is 4. The molecule has 1 aromatic rings. The van der Waals surface area contributed by atoms with Crippen molar-refractivity contribution in [1.29, 1.82) is 0 Å². The van der Waals surface area contributed by atoms with E-state index in [0.717, 1.165) is 50.7 Å². The summed E-state index contributed by atoms with van der Waals surface area (Å²) < 4.78 is 0. The number of nitrogens with one attached hydrogen (secondary N) is 1. The fourth-order valence-electron chi connectivity index (χ4n) is 2.36. The Bertz CT molecular complexity index is 376. The SMILES string of the molecule is CC(C)Cc1nc(N2CCC(C)(CN)CC2)n[nH]1. The molecule has 0 bridgehead atoms. The van der Waals surface area contributed by atoms with Gasteiger partial charge in [0.15, 0.2) is 0 Å². The Labute approximate surface area is 109 Å². The normalized spacial score (nSPS) is 19.5. The molecular formula is C13H25N5. The average molecular weight is 251 g/mol. The maximum atomic E-state index is 5.82. The van der Waals surface area contributed by atoms with Crippen LogP contribution in [0.3, 0.4) is 0 Å². The summed E-state index contributed by atoms with van der Waals surface area (Å²) in [4.78, 5) is 6.84. The second-order valence-corrected chi connectivity index (χ2v) is 6.18. The minimum atomic E-state index is 0.299. The lowest BCUT2D eigenvalue weighted by molar-refractivity contribution is 0.257. The zero-order valence-electron chi connectivity index (χ0n) is 11.7. The van der Waals surface area contributed by atoms with Crippen molar-refractivity contribution in [3.63, 3.8) is 0 Å². The molecule has 2 heterocycles. The van der Waals surface area contributed by atoms with Crippen molar-refractivity contribution in [2.75, 3.05) is 24.5 Å². The van der Waals surface area contributed by atoms with Gasteiger partial charge in [0.1, 0.15) is 5.82 Å². The largest absolute Gasteiger partial charge is 0.340 e. The number of H-pyrrole nitrogens is 1. The van der Waals surface area contributed by atoms with Crippen LogP contribution < -0.4 is 10.6 Å². The molecule has 3 N–H and O–H groups in total. The van der Waals surface area contributed by atoms with Crippen LogP contribution in [0, 0.1) is 11.3 Å². The summed E-state index contributed by atoms with van der Waals surface area (Å²) >= 11 is 0. The maximum Gasteiger partial charge on any atom is 0.244 e. The second kappa shape index (κ2) is 5.26. The summed E-state index contributed by atoms with van der Waals surface area (Å²) in [5, 5.41) is 7.37. The van der Waals surface area contributed by atoms with E-state index in [1.165, 1.54) is 0 Å². The molecular weight excluding hydrogens is 226 g/mol. The monoisotopic (exact) mass is 251 g/mol. The first kappa shape index (κ1) is 13.3. The minimum Gasteiger partial charge on any atom is -0.340 e. The smallest absolute Gasteiger partial charge is 0.244 e. The molecule has 5 nitrogen and oxygen atoms in total. The molecule has 102 valence electrons. The van der Waals surface area contributed by atoms with Gasteiger partial charge in [-0.25, -0.2) is 0 Å². The highest BCUT2D eigenvalue weighted by Gasteiger charge is 2.29. The van der Waals surface area contributed by atoms with E-state index >= 15 is 0 Å². The molecule has 1 aliphatic heterocycles. The average Bonchev–Trinajstić information content (AvgIpc) is 2.77. The summed E-state index contributed by atoms with van der Waals surface area (Å²) in [6.07, 6.45) is 3.20. The standard InChI is InChI=1S/C13H25N5/c1-10(2)8-11-15-12(17-16-11)18-6-4-13(3,9-14)5-7-18/h10H,4-9,14H2,1-3H3,(H,15,16,17). The summed E-state index contributed by atoms with van der Waals surface area (Å²) in [5.41, 5.74) is 6.12. The number of hydrogen-bond donors (Lipinski definition) is 2. The highest BCUT2D eigenvalue weighted by atomic mass is 15.4. The number of aromatic amines is 1. The fraction of sp³-hybridized carbons (Fsp3) is 0.846. The van der Waals surface area contributed by atoms with Crippen molar-refractivity contribution in [3.05, 3.63) is 5.82 Å². The van der Waals surface area contributed by atoms with Gasteiger partial charge in [-0.3, -0.25) is 5.10 Å². The Morgan fingerprint density at radius 3 is 2.61 bits per heavy atom. The van der Waals surface area contributed by atoms with Gasteiger partial charge in [-0.2, -0.15) is 4.98 Å². The van der Waals surface area contributed by atoms with Crippen molar-refractivity contribution in [2.45, 2.75) is 40.0 Å². The zero-order chi connectivity index (χ0) is 13.2. The van der Waals surface area contributed by atoms with Gasteiger partial charge in [-0.1, -0.05) is 20.8 Å². The molecule has 0 radical (unpaired) electrons. The van der Waals surface area contributed by atoms with Gasteiger partial charge >= 0.3 is 0 Å². The van der Waals surface area contributed by atoms with E-state index in [1.54, 1.807) is 0 Å². The van der Waals surface area contributed by atoms with Crippen molar-refractivity contribution in [2.24, 2.45) is 17.1 Å². The summed E-state index contributed by atoms with van der Waals surface area (Å²) in [6, 6.07) is 0. The van der Waals surface area contributed by atoms with E-state index in [4.69, 9.17) is 5.73 Å². The van der Waals surface area contributed by atoms with Gasteiger partial charge in [0.2, 0.25) is 5.95 Å². The molecule has 0 unspecified atom stereocenters. The first-order chi connectivity index (χ1) is 8.52. The molecule has 0 aliphatic carbocycles. The molecule has 5 heteroatoms. The molecule has 0 spiro atoms. The third-order valence-corrected chi connectivity index (χ3v) is 3.87. The van der Waals surface area contributed by atoms with Crippen LogP contribution in [-0.2, 0) is 6.42 Å². The van der Waals surface area contributed by atoms with E-state index in [0.29, 0.717) is 11.3 Å². The van der Waals surface area contributed by atoms with Gasteiger partial charge in [-0.05, 0) is 30.7 Å². The maximum absolute atomic E-state index is 5.82. The third kappa shape index (κ3) is 3.02. The highest BCUT2D eigenvalue weighted by Crippen LogP contribution is 2.30. The van der Waals surface area contributed by atoms with Gasteiger partial charge in [0.25, 0.3) is 0 Å². The van der Waals surface area contributed by atoms with Crippen LogP contribution in [0.4, 0.5) is 5.95 Å². The first-order valence-electron chi connectivity index (χ1n) is 6.89. The number of aromatic nitrogens is 3. The number of piperidine rings is 1. The second-order valence-electron chi connectivity index (χ2n) is 6.18. The lowest BCUT2D eigenvalue weighted by Gasteiger charge is -2.38. The molecule has 2 rings (SSSR count). The molecule has 1 aromatic heterocycles. The molecule has 18 heavy (non-hydrogen) atoms. The van der Waals surface area contributed by atoms with Crippen LogP contribution in [0.2, 0.25) is 0 Å². The van der Waals surface area contributed by atoms with E-state index in [1.807, 2.05) is 0 Å². The van der Waals surface area contributed by atoms with Crippen LogP contribution in [0.5, 0.6) is 0 Å². The molecule has 0 aromatic carbocycles. The van der Waals surface area contributed by atoms with Crippen molar-refractivity contribution in [1.82, 2.24) is 15.2 Å². The Hall–Kier alpha value is -1.10. The van der Waals surface area contributed by atoms with Gasteiger partial charge < -0.3 is 10.6 Å². The van der Waals surface area contributed by atoms with Crippen LogP contribution in [0.25, 0.3) is 0 Å². The van der Waals surface area contributed by atoms with Crippen LogP contribution in [-0.4, -0.2) is 34.8 Å².